The molecule has 0 saturated heterocycles. The summed E-state index contributed by atoms with van der Waals surface area (Å²) in [4.78, 5) is 1.58. The molecular formula is C9H7BrOS. The quantitative estimate of drug-likeness (QED) is 0.730. The van der Waals surface area contributed by atoms with Crippen LogP contribution in [0.2, 0.25) is 0 Å². The summed E-state index contributed by atoms with van der Waals surface area (Å²) in [5.41, 5.74) is 1.16. The van der Waals surface area contributed by atoms with Crippen molar-refractivity contribution in [3.63, 3.8) is 0 Å². The van der Waals surface area contributed by atoms with Gasteiger partial charge in [-0.1, -0.05) is 22.0 Å². The molecular weight excluding hydrogens is 236 g/mol. The molecule has 62 valence electrons. The van der Waals surface area contributed by atoms with Crippen LogP contribution in [0.1, 0.15) is 15.3 Å². The molecule has 2 rings (SSSR count). The molecule has 1 atom stereocenters. The molecule has 12 heavy (non-hydrogen) atoms. The summed E-state index contributed by atoms with van der Waals surface area (Å²) in [7, 11) is 0. The van der Waals surface area contributed by atoms with Crippen LogP contribution in [0.3, 0.4) is 0 Å². The van der Waals surface area contributed by atoms with E-state index >= 15 is 0 Å². The maximum atomic E-state index is 5.01. The van der Waals surface area contributed by atoms with Crippen molar-refractivity contribution < 1.29 is 4.42 Å². The molecule has 0 radical (unpaired) electrons. The summed E-state index contributed by atoms with van der Waals surface area (Å²) in [5, 5.41) is 2.07. The second kappa shape index (κ2) is 3.46. The van der Waals surface area contributed by atoms with Crippen molar-refractivity contribution >= 4 is 27.3 Å². The fraction of sp³-hybridized carbons (Fsp3) is 0.111. The van der Waals surface area contributed by atoms with E-state index in [4.69, 9.17) is 4.42 Å². The first-order valence-corrected chi connectivity index (χ1v) is 5.37. The topological polar surface area (TPSA) is 13.1 Å². The molecule has 0 aliphatic carbocycles. The number of halogens is 1. The van der Waals surface area contributed by atoms with E-state index in [0.717, 1.165) is 5.56 Å². The highest BCUT2D eigenvalue weighted by atomic mass is 79.9. The van der Waals surface area contributed by atoms with Gasteiger partial charge < -0.3 is 4.42 Å². The van der Waals surface area contributed by atoms with Crippen molar-refractivity contribution in [3.8, 4) is 0 Å². The van der Waals surface area contributed by atoms with Crippen LogP contribution in [0.5, 0.6) is 0 Å². The number of rotatable bonds is 2. The maximum absolute atomic E-state index is 5.01. The van der Waals surface area contributed by atoms with Crippen LogP contribution in [0.15, 0.2) is 40.5 Å². The van der Waals surface area contributed by atoms with Crippen molar-refractivity contribution in [2.75, 3.05) is 0 Å². The van der Waals surface area contributed by atoms with E-state index in [9.17, 15) is 0 Å². The highest BCUT2D eigenvalue weighted by Gasteiger charge is 2.11. The van der Waals surface area contributed by atoms with E-state index in [0.29, 0.717) is 0 Å². The summed E-state index contributed by atoms with van der Waals surface area (Å²) in [6, 6.07) is 6.13. The van der Waals surface area contributed by atoms with E-state index in [1.807, 2.05) is 12.1 Å². The summed E-state index contributed by atoms with van der Waals surface area (Å²) < 4.78 is 5.01. The van der Waals surface area contributed by atoms with Gasteiger partial charge in [-0.25, -0.2) is 0 Å². The Morgan fingerprint density at radius 3 is 2.92 bits per heavy atom. The van der Waals surface area contributed by atoms with E-state index in [1.54, 1.807) is 23.9 Å². The number of hydrogen-bond donors (Lipinski definition) is 0. The van der Waals surface area contributed by atoms with Gasteiger partial charge in [-0.05, 0) is 17.5 Å². The van der Waals surface area contributed by atoms with Crippen molar-refractivity contribution in [2.24, 2.45) is 0 Å². The molecule has 3 heteroatoms. The van der Waals surface area contributed by atoms with Crippen molar-refractivity contribution in [2.45, 2.75) is 4.83 Å². The van der Waals surface area contributed by atoms with Gasteiger partial charge in [0.2, 0.25) is 0 Å². The smallest absolute Gasteiger partial charge is 0.0949 e. The highest BCUT2D eigenvalue weighted by Crippen LogP contribution is 2.33. The molecule has 0 amide bonds. The Bertz CT molecular complexity index is 291. The molecule has 0 bridgehead atoms. The van der Waals surface area contributed by atoms with Gasteiger partial charge in [0.05, 0.1) is 17.4 Å². The lowest BCUT2D eigenvalue weighted by Gasteiger charge is -2.02. The SMILES string of the molecule is BrC(c1ccoc1)c1cccs1. The second-order valence-corrected chi connectivity index (χ2v) is 4.33. The van der Waals surface area contributed by atoms with Crippen LogP contribution in [-0.4, -0.2) is 0 Å². The lowest BCUT2D eigenvalue weighted by Crippen LogP contribution is -1.84. The Morgan fingerprint density at radius 1 is 1.42 bits per heavy atom. The predicted molar refractivity (Wildman–Crippen MR) is 53.8 cm³/mol. The van der Waals surface area contributed by atoms with Crippen LogP contribution >= 0.6 is 27.3 Å². The summed E-state index contributed by atoms with van der Waals surface area (Å²) >= 11 is 5.34. The standard InChI is InChI=1S/C9H7BrOS/c10-9(7-3-4-11-6-7)8-2-1-5-12-8/h1-6,9H. The number of furan rings is 1. The molecule has 1 unspecified atom stereocenters. The van der Waals surface area contributed by atoms with Gasteiger partial charge in [0.1, 0.15) is 0 Å². The Morgan fingerprint density at radius 2 is 2.33 bits per heavy atom. The number of alkyl halides is 1. The summed E-state index contributed by atoms with van der Waals surface area (Å²) in [5.74, 6) is 0. The Labute approximate surface area is 83.2 Å². The lowest BCUT2D eigenvalue weighted by atomic mass is 10.2. The first-order valence-electron chi connectivity index (χ1n) is 3.57. The molecule has 2 heterocycles. The van der Waals surface area contributed by atoms with Crippen molar-refractivity contribution in [1.82, 2.24) is 0 Å². The minimum atomic E-state index is 0.274. The molecule has 2 aromatic heterocycles. The van der Waals surface area contributed by atoms with E-state index < -0.39 is 0 Å². The molecule has 1 nitrogen and oxygen atoms in total. The Hall–Kier alpha value is -0.540. The average molecular weight is 243 g/mol. The zero-order valence-electron chi connectivity index (χ0n) is 6.24. The maximum Gasteiger partial charge on any atom is 0.0949 e. The Kier molecular flexibility index (Phi) is 2.33. The fourth-order valence-electron chi connectivity index (χ4n) is 1.02. The first-order chi connectivity index (χ1) is 5.88. The minimum absolute atomic E-state index is 0.274. The van der Waals surface area contributed by atoms with Crippen molar-refractivity contribution in [1.29, 1.82) is 0 Å². The third-order valence-electron chi connectivity index (χ3n) is 1.63. The van der Waals surface area contributed by atoms with Gasteiger partial charge in [0, 0.05) is 10.4 Å². The predicted octanol–water partition coefficient (Wildman–Crippen LogP) is 3.83. The van der Waals surface area contributed by atoms with E-state index in [1.165, 1.54) is 4.88 Å². The highest BCUT2D eigenvalue weighted by molar-refractivity contribution is 9.09. The van der Waals surface area contributed by atoms with Gasteiger partial charge in [-0.3, -0.25) is 0 Å². The molecule has 2 aromatic rings. The van der Waals surface area contributed by atoms with Gasteiger partial charge >= 0.3 is 0 Å². The molecule has 0 aliphatic rings. The first kappa shape index (κ1) is 8.08. The van der Waals surface area contributed by atoms with E-state index in [2.05, 4.69) is 27.4 Å². The van der Waals surface area contributed by atoms with Crippen molar-refractivity contribution in [3.05, 3.63) is 46.5 Å². The van der Waals surface area contributed by atoms with Crippen LogP contribution in [0.25, 0.3) is 0 Å². The summed E-state index contributed by atoms with van der Waals surface area (Å²) in [6.45, 7) is 0. The fourth-order valence-corrected chi connectivity index (χ4v) is 2.48. The third kappa shape index (κ3) is 1.47. The number of hydrogen-bond acceptors (Lipinski definition) is 2. The van der Waals surface area contributed by atoms with Crippen LogP contribution in [0.4, 0.5) is 0 Å². The van der Waals surface area contributed by atoms with Gasteiger partial charge in [0.15, 0.2) is 0 Å². The zero-order valence-corrected chi connectivity index (χ0v) is 8.64. The van der Waals surface area contributed by atoms with Crippen LogP contribution in [0, 0.1) is 0 Å². The van der Waals surface area contributed by atoms with Crippen LogP contribution in [-0.2, 0) is 0 Å². The second-order valence-electron chi connectivity index (χ2n) is 2.43. The molecule has 0 aliphatic heterocycles. The third-order valence-corrected chi connectivity index (χ3v) is 3.89. The molecule has 0 fully saturated rings. The summed E-state index contributed by atoms with van der Waals surface area (Å²) in [6.07, 6.45) is 3.45. The lowest BCUT2D eigenvalue weighted by molar-refractivity contribution is 0.564. The van der Waals surface area contributed by atoms with Crippen LogP contribution < -0.4 is 0 Å². The van der Waals surface area contributed by atoms with Gasteiger partial charge in [0.25, 0.3) is 0 Å². The molecule has 0 aromatic carbocycles. The van der Waals surface area contributed by atoms with Gasteiger partial charge in [-0.15, -0.1) is 11.3 Å². The van der Waals surface area contributed by atoms with E-state index in [-0.39, 0.29) is 4.83 Å². The average Bonchev–Trinajstić information content (AvgIpc) is 2.77. The monoisotopic (exact) mass is 242 g/mol. The Balaban J connectivity index is 2.27. The molecule has 0 spiro atoms. The largest absolute Gasteiger partial charge is 0.472 e. The molecule has 0 saturated carbocycles. The normalized spacial score (nSPS) is 13.1. The zero-order chi connectivity index (χ0) is 8.39. The van der Waals surface area contributed by atoms with Gasteiger partial charge in [-0.2, -0.15) is 0 Å². The number of thiophene rings is 1. The molecule has 0 N–H and O–H groups in total. The minimum Gasteiger partial charge on any atom is -0.472 e.